The van der Waals surface area contributed by atoms with E-state index < -0.39 is 28.0 Å². The van der Waals surface area contributed by atoms with Gasteiger partial charge < -0.3 is 9.84 Å². The summed E-state index contributed by atoms with van der Waals surface area (Å²) in [6, 6.07) is 2.06. The molecule has 1 atom stereocenters. The lowest BCUT2D eigenvalue weighted by Crippen LogP contribution is -2.40. The predicted octanol–water partition coefficient (Wildman–Crippen LogP) is 0.701. The first-order valence-electron chi connectivity index (χ1n) is 6.26. The first kappa shape index (κ1) is 15.9. The van der Waals surface area contributed by atoms with Crippen LogP contribution >= 0.6 is 11.3 Å². The van der Waals surface area contributed by atoms with Crippen LogP contribution in [0.25, 0.3) is 0 Å². The van der Waals surface area contributed by atoms with Crippen molar-refractivity contribution in [3.8, 4) is 0 Å². The zero-order chi connectivity index (χ0) is 15.6. The van der Waals surface area contributed by atoms with Crippen molar-refractivity contribution in [3.63, 3.8) is 0 Å². The molecule has 1 unspecified atom stereocenters. The van der Waals surface area contributed by atoms with E-state index >= 15 is 0 Å². The Labute approximate surface area is 126 Å². The average molecular weight is 333 g/mol. The smallest absolute Gasteiger partial charge is 0.324 e. The van der Waals surface area contributed by atoms with Gasteiger partial charge in [-0.1, -0.05) is 0 Å². The van der Waals surface area contributed by atoms with Crippen molar-refractivity contribution >= 4 is 33.3 Å². The highest BCUT2D eigenvalue weighted by Crippen LogP contribution is 2.30. The van der Waals surface area contributed by atoms with Gasteiger partial charge in [-0.25, -0.2) is 8.42 Å². The lowest BCUT2D eigenvalue weighted by molar-refractivity contribution is -0.144. The lowest BCUT2D eigenvalue weighted by atomic mass is 10.2. The number of hydrogen-bond acceptors (Lipinski definition) is 6. The Morgan fingerprint density at radius 2 is 2.19 bits per heavy atom. The molecule has 0 aromatic carbocycles. The molecule has 0 aliphatic carbocycles. The van der Waals surface area contributed by atoms with E-state index in [0.29, 0.717) is 17.7 Å². The molecule has 21 heavy (non-hydrogen) atoms. The van der Waals surface area contributed by atoms with Gasteiger partial charge in [-0.05, 0) is 25.0 Å². The molecule has 0 bridgehead atoms. The van der Waals surface area contributed by atoms with E-state index in [1.165, 1.54) is 19.2 Å². The fourth-order valence-electron chi connectivity index (χ4n) is 2.26. The molecular weight excluding hydrogens is 318 g/mol. The van der Waals surface area contributed by atoms with Gasteiger partial charge in [0.2, 0.25) is 0 Å². The highest BCUT2D eigenvalue weighted by atomic mass is 32.2. The molecule has 0 amide bonds. The third-order valence-corrected chi connectivity index (χ3v) is 6.66. The Kier molecular flexibility index (Phi) is 4.64. The standard InChI is InChI=1S/C12H15NO6S2/c1-19-12(16)9-3-2-6-13(9)21(17,18)11-5-4-8(20-11)7-10(14)15/h4-5,9H,2-3,6-7H2,1H3,(H,14,15). The Morgan fingerprint density at radius 3 is 2.81 bits per heavy atom. The van der Waals surface area contributed by atoms with Gasteiger partial charge in [-0.2, -0.15) is 4.31 Å². The Bertz CT molecular complexity index is 650. The molecule has 116 valence electrons. The number of rotatable bonds is 5. The van der Waals surface area contributed by atoms with Crippen LogP contribution in [-0.4, -0.2) is 49.5 Å². The summed E-state index contributed by atoms with van der Waals surface area (Å²) in [6.07, 6.45) is 0.798. The molecule has 1 aromatic rings. The minimum absolute atomic E-state index is 0.0505. The average Bonchev–Trinajstić information content (AvgIpc) is 3.05. The zero-order valence-corrected chi connectivity index (χ0v) is 12.9. The van der Waals surface area contributed by atoms with E-state index in [4.69, 9.17) is 5.11 Å². The monoisotopic (exact) mass is 333 g/mol. The Morgan fingerprint density at radius 1 is 1.48 bits per heavy atom. The van der Waals surface area contributed by atoms with Crippen molar-refractivity contribution < 1.29 is 27.9 Å². The molecule has 1 N–H and O–H groups in total. The molecular formula is C12H15NO6S2. The fourth-order valence-corrected chi connectivity index (χ4v) is 5.38. The summed E-state index contributed by atoms with van der Waals surface area (Å²) in [7, 11) is -2.58. The van der Waals surface area contributed by atoms with E-state index in [1.807, 2.05) is 0 Å². The van der Waals surface area contributed by atoms with Crippen molar-refractivity contribution in [3.05, 3.63) is 17.0 Å². The Hall–Kier alpha value is -1.45. The number of sulfonamides is 1. The number of carbonyl (C=O) groups is 2. The molecule has 1 aliphatic rings. The van der Waals surface area contributed by atoms with Crippen LogP contribution in [-0.2, 0) is 30.8 Å². The summed E-state index contributed by atoms with van der Waals surface area (Å²) in [4.78, 5) is 22.8. The minimum Gasteiger partial charge on any atom is -0.481 e. The molecule has 0 radical (unpaired) electrons. The summed E-state index contributed by atoms with van der Waals surface area (Å²) in [5.74, 6) is -1.59. The van der Waals surface area contributed by atoms with Gasteiger partial charge in [-0.3, -0.25) is 9.59 Å². The molecule has 0 spiro atoms. The molecule has 9 heteroatoms. The van der Waals surface area contributed by atoms with E-state index in [1.54, 1.807) is 0 Å². The van der Waals surface area contributed by atoms with Crippen LogP contribution in [0.2, 0.25) is 0 Å². The molecule has 0 saturated carbocycles. The number of thiophene rings is 1. The van der Waals surface area contributed by atoms with Crippen molar-refractivity contribution in [2.45, 2.75) is 29.5 Å². The number of nitrogens with zero attached hydrogens (tertiary/aromatic N) is 1. The van der Waals surface area contributed by atoms with Crippen LogP contribution in [0.3, 0.4) is 0 Å². The SMILES string of the molecule is COC(=O)C1CCCN1S(=O)(=O)c1ccc(CC(=O)O)s1. The van der Waals surface area contributed by atoms with Gasteiger partial charge >= 0.3 is 11.9 Å². The topological polar surface area (TPSA) is 101 Å². The van der Waals surface area contributed by atoms with E-state index in [9.17, 15) is 18.0 Å². The van der Waals surface area contributed by atoms with Gasteiger partial charge in [-0.15, -0.1) is 11.3 Å². The van der Waals surface area contributed by atoms with Gasteiger partial charge in [0.05, 0.1) is 13.5 Å². The third-order valence-electron chi connectivity index (χ3n) is 3.20. The predicted molar refractivity (Wildman–Crippen MR) is 74.6 cm³/mol. The molecule has 2 rings (SSSR count). The summed E-state index contributed by atoms with van der Waals surface area (Å²) in [6.45, 7) is 0.258. The summed E-state index contributed by atoms with van der Waals surface area (Å²) in [5.41, 5.74) is 0. The van der Waals surface area contributed by atoms with Crippen LogP contribution in [0.4, 0.5) is 0 Å². The number of esters is 1. The number of carbonyl (C=O) groups excluding carboxylic acids is 1. The van der Waals surface area contributed by atoms with Gasteiger partial charge in [0, 0.05) is 11.4 Å². The molecule has 1 aliphatic heterocycles. The van der Waals surface area contributed by atoms with Gasteiger partial charge in [0.15, 0.2) is 0 Å². The second kappa shape index (κ2) is 6.12. The van der Waals surface area contributed by atoms with Crippen LogP contribution in [0, 0.1) is 0 Å². The maximum absolute atomic E-state index is 12.5. The van der Waals surface area contributed by atoms with E-state index in [-0.39, 0.29) is 17.2 Å². The molecule has 1 fully saturated rings. The summed E-state index contributed by atoms with van der Waals surface area (Å²) in [5, 5.41) is 8.72. The van der Waals surface area contributed by atoms with Crippen molar-refractivity contribution in [1.82, 2.24) is 4.31 Å². The van der Waals surface area contributed by atoms with Crippen LogP contribution in [0.15, 0.2) is 16.3 Å². The number of carboxylic acid groups (broad SMARTS) is 1. The van der Waals surface area contributed by atoms with Crippen molar-refractivity contribution in [2.24, 2.45) is 0 Å². The second-order valence-electron chi connectivity index (χ2n) is 4.59. The van der Waals surface area contributed by atoms with Gasteiger partial charge in [0.1, 0.15) is 10.3 Å². The number of ether oxygens (including phenoxy) is 1. The zero-order valence-electron chi connectivity index (χ0n) is 11.3. The number of aliphatic carboxylic acids is 1. The molecule has 2 heterocycles. The van der Waals surface area contributed by atoms with Crippen LogP contribution in [0.5, 0.6) is 0 Å². The molecule has 1 saturated heterocycles. The van der Waals surface area contributed by atoms with Crippen molar-refractivity contribution in [2.75, 3.05) is 13.7 Å². The summed E-state index contributed by atoms with van der Waals surface area (Å²) >= 11 is 0.914. The first-order valence-corrected chi connectivity index (χ1v) is 8.52. The number of methoxy groups -OCH3 is 1. The molecule has 7 nitrogen and oxygen atoms in total. The van der Waals surface area contributed by atoms with Gasteiger partial charge in [0.25, 0.3) is 10.0 Å². The van der Waals surface area contributed by atoms with Crippen LogP contribution in [0.1, 0.15) is 17.7 Å². The van der Waals surface area contributed by atoms with E-state index in [2.05, 4.69) is 4.74 Å². The summed E-state index contributed by atoms with van der Waals surface area (Å²) < 4.78 is 30.9. The maximum Gasteiger partial charge on any atom is 0.324 e. The highest BCUT2D eigenvalue weighted by molar-refractivity contribution is 7.91. The number of carboxylic acids is 1. The fraction of sp³-hybridized carbons (Fsp3) is 0.500. The largest absolute Gasteiger partial charge is 0.481 e. The highest BCUT2D eigenvalue weighted by Gasteiger charge is 2.40. The quantitative estimate of drug-likeness (QED) is 0.796. The normalized spacial score (nSPS) is 19.6. The third kappa shape index (κ3) is 3.25. The van der Waals surface area contributed by atoms with E-state index in [0.717, 1.165) is 15.6 Å². The van der Waals surface area contributed by atoms with Crippen molar-refractivity contribution in [1.29, 1.82) is 0 Å². The lowest BCUT2D eigenvalue weighted by Gasteiger charge is -2.21. The minimum atomic E-state index is -3.80. The Balaban J connectivity index is 2.26. The molecule has 1 aromatic heterocycles. The number of hydrogen-bond donors (Lipinski definition) is 1. The first-order chi connectivity index (χ1) is 9.86. The van der Waals surface area contributed by atoms with Crippen LogP contribution < -0.4 is 0 Å². The maximum atomic E-state index is 12.5. The second-order valence-corrected chi connectivity index (χ2v) is 7.87.